The van der Waals surface area contributed by atoms with Gasteiger partial charge >= 0.3 is 0 Å². The standard InChI is InChI=1S/C19H22N6OS/c1-13-14(2)24-25(15(13)3)18-8-7-17(22-23-18)20-10-11-21-19(26)9-6-16-5-4-12-27-16/h4-9,12H,10-11H2,1-3H3,(H,20,22)(H,21,26)/b9-6+. The average molecular weight is 382 g/mol. The normalized spacial score (nSPS) is 11.1. The third kappa shape index (κ3) is 4.79. The maximum atomic E-state index is 11.8. The highest BCUT2D eigenvalue weighted by molar-refractivity contribution is 7.10. The van der Waals surface area contributed by atoms with Crippen LogP contribution in [-0.2, 0) is 4.79 Å². The number of carbonyl (C=O) groups excluding carboxylic acids is 1. The summed E-state index contributed by atoms with van der Waals surface area (Å²) in [6, 6.07) is 7.64. The maximum absolute atomic E-state index is 11.8. The maximum Gasteiger partial charge on any atom is 0.244 e. The Bertz CT molecular complexity index is 928. The van der Waals surface area contributed by atoms with Gasteiger partial charge in [0.25, 0.3) is 0 Å². The average Bonchev–Trinajstić information content (AvgIpc) is 3.28. The van der Waals surface area contributed by atoms with Crippen LogP contribution in [0.2, 0.25) is 0 Å². The van der Waals surface area contributed by atoms with Gasteiger partial charge in [0.1, 0.15) is 5.82 Å². The van der Waals surface area contributed by atoms with E-state index in [-0.39, 0.29) is 5.91 Å². The monoisotopic (exact) mass is 382 g/mol. The van der Waals surface area contributed by atoms with Gasteiger partial charge in [-0.2, -0.15) is 5.10 Å². The van der Waals surface area contributed by atoms with Gasteiger partial charge in [-0.25, -0.2) is 4.68 Å². The fourth-order valence-corrected chi connectivity index (χ4v) is 3.07. The molecule has 0 aliphatic heterocycles. The van der Waals surface area contributed by atoms with Crippen LogP contribution in [0.5, 0.6) is 0 Å². The van der Waals surface area contributed by atoms with Crippen LogP contribution in [0.3, 0.4) is 0 Å². The summed E-state index contributed by atoms with van der Waals surface area (Å²) < 4.78 is 1.79. The number of rotatable bonds is 7. The van der Waals surface area contributed by atoms with E-state index in [4.69, 9.17) is 0 Å². The molecule has 8 heteroatoms. The van der Waals surface area contributed by atoms with E-state index in [1.54, 1.807) is 22.1 Å². The van der Waals surface area contributed by atoms with Crippen molar-refractivity contribution in [3.05, 3.63) is 57.6 Å². The molecule has 2 N–H and O–H groups in total. The molecule has 0 spiro atoms. The lowest BCUT2D eigenvalue weighted by Gasteiger charge is -2.07. The van der Waals surface area contributed by atoms with Crippen molar-refractivity contribution in [1.29, 1.82) is 0 Å². The fourth-order valence-electron chi connectivity index (χ4n) is 2.46. The van der Waals surface area contributed by atoms with Gasteiger partial charge in [-0.1, -0.05) is 6.07 Å². The van der Waals surface area contributed by atoms with Crippen LogP contribution in [0.1, 0.15) is 21.8 Å². The molecule has 3 aromatic heterocycles. The Labute approximate surface area is 162 Å². The Balaban J connectivity index is 1.46. The molecule has 0 radical (unpaired) electrons. The number of amides is 1. The van der Waals surface area contributed by atoms with E-state index in [9.17, 15) is 4.79 Å². The molecule has 0 bridgehead atoms. The van der Waals surface area contributed by atoms with Crippen LogP contribution in [0.4, 0.5) is 5.82 Å². The van der Waals surface area contributed by atoms with Gasteiger partial charge in [0.05, 0.1) is 5.69 Å². The second-order valence-electron chi connectivity index (χ2n) is 6.05. The first-order chi connectivity index (χ1) is 13.0. The minimum atomic E-state index is -0.119. The molecule has 0 unspecified atom stereocenters. The van der Waals surface area contributed by atoms with Gasteiger partial charge < -0.3 is 10.6 Å². The fraction of sp³-hybridized carbons (Fsp3) is 0.263. The topological polar surface area (TPSA) is 84.7 Å². The van der Waals surface area contributed by atoms with Gasteiger partial charge in [-0.3, -0.25) is 4.79 Å². The lowest BCUT2D eigenvalue weighted by molar-refractivity contribution is -0.116. The second-order valence-corrected chi connectivity index (χ2v) is 7.03. The molecule has 0 saturated carbocycles. The lowest BCUT2D eigenvalue weighted by atomic mass is 10.2. The molecule has 0 atom stereocenters. The van der Waals surface area contributed by atoms with Crippen molar-refractivity contribution < 1.29 is 4.79 Å². The largest absolute Gasteiger partial charge is 0.367 e. The van der Waals surface area contributed by atoms with Gasteiger partial charge in [-0.05, 0) is 56.0 Å². The Morgan fingerprint density at radius 3 is 2.67 bits per heavy atom. The molecule has 0 aliphatic rings. The summed E-state index contributed by atoms with van der Waals surface area (Å²) in [4.78, 5) is 12.8. The summed E-state index contributed by atoms with van der Waals surface area (Å²) in [6.45, 7) is 7.09. The highest BCUT2D eigenvalue weighted by atomic mass is 32.1. The number of nitrogens with zero attached hydrogens (tertiary/aromatic N) is 4. The number of hydrogen-bond donors (Lipinski definition) is 2. The van der Waals surface area contributed by atoms with Crippen LogP contribution in [-0.4, -0.2) is 39.0 Å². The number of hydrogen-bond acceptors (Lipinski definition) is 6. The quantitative estimate of drug-likeness (QED) is 0.485. The molecule has 3 rings (SSSR count). The summed E-state index contributed by atoms with van der Waals surface area (Å²) in [5.41, 5.74) is 3.20. The molecule has 140 valence electrons. The van der Waals surface area contributed by atoms with Crippen LogP contribution in [0, 0.1) is 20.8 Å². The summed E-state index contributed by atoms with van der Waals surface area (Å²) in [5.74, 6) is 1.22. The Morgan fingerprint density at radius 1 is 1.19 bits per heavy atom. The van der Waals surface area contributed by atoms with E-state index in [1.165, 1.54) is 6.08 Å². The number of aromatic nitrogens is 4. The number of nitrogens with one attached hydrogen (secondary N) is 2. The van der Waals surface area contributed by atoms with Gasteiger partial charge in [0, 0.05) is 29.7 Å². The predicted molar refractivity (Wildman–Crippen MR) is 108 cm³/mol. The van der Waals surface area contributed by atoms with Gasteiger partial charge in [0.2, 0.25) is 5.91 Å². The van der Waals surface area contributed by atoms with E-state index in [1.807, 2.05) is 50.4 Å². The number of thiophene rings is 1. The van der Waals surface area contributed by atoms with Crippen molar-refractivity contribution in [1.82, 2.24) is 25.3 Å². The highest BCUT2D eigenvalue weighted by Gasteiger charge is 2.10. The predicted octanol–water partition coefficient (Wildman–Crippen LogP) is 2.89. The van der Waals surface area contributed by atoms with E-state index in [0.717, 1.165) is 21.8 Å². The van der Waals surface area contributed by atoms with Crippen LogP contribution in [0.25, 0.3) is 11.9 Å². The Morgan fingerprint density at radius 2 is 2.04 bits per heavy atom. The Kier molecular flexibility index (Phi) is 5.97. The summed E-state index contributed by atoms with van der Waals surface area (Å²) in [5, 5.41) is 20.8. The first kappa shape index (κ1) is 18.8. The van der Waals surface area contributed by atoms with Crippen molar-refractivity contribution in [2.75, 3.05) is 18.4 Å². The smallest absolute Gasteiger partial charge is 0.244 e. The molecule has 0 aromatic carbocycles. The molecule has 0 saturated heterocycles. The van der Waals surface area contributed by atoms with Crippen molar-refractivity contribution in [3.8, 4) is 5.82 Å². The zero-order chi connectivity index (χ0) is 19.2. The molecule has 0 fully saturated rings. The van der Waals surface area contributed by atoms with Crippen LogP contribution in [0.15, 0.2) is 35.7 Å². The molecule has 7 nitrogen and oxygen atoms in total. The summed E-state index contributed by atoms with van der Waals surface area (Å²) >= 11 is 1.59. The third-order valence-corrected chi connectivity index (χ3v) is 5.03. The zero-order valence-corrected chi connectivity index (χ0v) is 16.4. The van der Waals surface area contributed by atoms with E-state index >= 15 is 0 Å². The van der Waals surface area contributed by atoms with Gasteiger partial charge in [-0.15, -0.1) is 21.5 Å². The minimum absolute atomic E-state index is 0.119. The van der Waals surface area contributed by atoms with E-state index in [0.29, 0.717) is 24.7 Å². The first-order valence-corrected chi connectivity index (χ1v) is 9.53. The van der Waals surface area contributed by atoms with E-state index in [2.05, 4.69) is 25.9 Å². The van der Waals surface area contributed by atoms with Crippen LogP contribution < -0.4 is 10.6 Å². The zero-order valence-electron chi connectivity index (χ0n) is 15.6. The molecule has 27 heavy (non-hydrogen) atoms. The van der Waals surface area contributed by atoms with E-state index < -0.39 is 0 Å². The molecule has 3 aromatic rings. The number of carbonyl (C=O) groups is 1. The van der Waals surface area contributed by atoms with Crippen molar-refractivity contribution >= 4 is 29.1 Å². The third-order valence-electron chi connectivity index (χ3n) is 4.19. The van der Waals surface area contributed by atoms with Crippen molar-refractivity contribution in [3.63, 3.8) is 0 Å². The van der Waals surface area contributed by atoms with Gasteiger partial charge in [0.15, 0.2) is 5.82 Å². The first-order valence-electron chi connectivity index (χ1n) is 8.65. The number of anilines is 1. The summed E-state index contributed by atoms with van der Waals surface area (Å²) in [6.07, 6.45) is 3.34. The van der Waals surface area contributed by atoms with Crippen molar-refractivity contribution in [2.24, 2.45) is 0 Å². The number of aryl methyl sites for hydroxylation is 1. The molecular formula is C19H22N6OS. The second kappa shape index (κ2) is 8.59. The lowest BCUT2D eigenvalue weighted by Crippen LogP contribution is -2.27. The molecule has 1 amide bonds. The Hall–Kier alpha value is -3.00. The van der Waals surface area contributed by atoms with Crippen molar-refractivity contribution in [2.45, 2.75) is 20.8 Å². The molecule has 0 aliphatic carbocycles. The highest BCUT2D eigenvalue weighted by Crippen LogP contribution is 2.15. The minimum Gasteiger partial charge on any atom is -0.367 e. The SMILES string of the molecule is Cc1nn(-c2ccc(NCCNC(=O)/C=C/c3cccs3)nn2)c(C)c1C. The summed E-state index contributed by atoms with van der Waals surface area (Å²) in [7, 11) is 0. The van der Waals surface area contributed by atoms with Crippen LogP contribution >= 0.6 is 11.3 Å². The molecular weight excluding hydrogens is 360 g/mol. The molecule has 3 heterocycles.